The summed E-state index contributed by atoms with van der Waals surface area (Å²) in [6.45, 7) is 16.0. The predicted molar refractivity (Wildman–Crippen MR) is 185 cm³/mol. The van der Waals surface area contributed by atoms with E-state index in [2.05, 4.69) is 67.2 Å². The summed E-state index contributed by atoms with van der Waals surface area (Å²) >= 11 is 1.49. The Morgan fingerprint density at radius 2 is 1.26 bits per heavy atom. The fraction of sp³-hybridized carbons (Fsp3) is 0.676. The molecule has 0 aliphatic carbocycles. The Morgan fingerprint density at radius 3 is 1.76 bits per heavy atom. The molecule has 6 N–H and O–H groups in total. The van der Waals surface area contributed by atoms with Crippen molar-refractivity contribution in [1.82, 2.24) is 21.3 Å². The first-order valence-electron chi connectivity index (χ1n) is 16.1. The van der Waals surface area contributed by atoms with Crippen molar-refractivity contribution in [2.75, 3.05) is 18.1 Å². The van der Waals surface area contributed by atoms with Crippen LogP contribution in [-0.4, -0.2) is 82.1 Å². The summed E-state index contributed by atoms with van der Waals surface area (Å²) in [6.07, 6.45) is 11.2. The third kappa shape index (κ3) is 18.1. The zero-order valence-corrected chi connectivity index (χ0v) is 30.0. The van der Waals surface area contributed by atoms with Crippen LogP contribution in [0.15, 0.2) is 34.9 Å². The SMILES string of the molecule is CCC(C)[C@H](NC(=O)[C@@H](NC(=O)[C@@H](CSC/C=C(\C)CC/C=C(\C)CCC=C(C)C)NC(C)=O)C(C)C)C(=O)N[C@@H](CO)C(=O)O. The van der Waals surface area contributed by atoms with Gasteiger partial charge in [0.05, 0.1) is 6.61 Å². The van der Waals surface area contributed by atoms with Gasteiger partial charge in [0.15, 0.2) is 0 Å². The number of carbonyl (C=O) groups is 5. The highest BCUT2D eigenvalue weighted by molar-refractivity contribution is 7.99. The van der Waals surface area contributed by atoms with Gasteiger partial charge in [-0.3, -0.25) is 19.2 Å². The first-order valence-corrected chi connectivity index (χ1v) is 17.2. The molecular formula is C34H58N4O7S. The second-order valence-corrected chi connectivity index (χ2v) is 13.5. The third-order valence-electron chi connectivity index (χ3n) is 7.49. The van der Waals surface area contributed by atoms with Crippen LogP contribution in [0.1, 0.15) is 94.4 Å². The van der Waals surface area contributed by atoms with Crippen LogP contribution in [-0.2, 0) is 24.0 Å². The van der Waals surface area contributed by atoms with E-state index in [1.54, 1.807) is 20.8 Å². The molecule has 1 unspecified atom stereocenters. The summed E-state index contributed by atoms with van der Waals surface area (Å²) in [5.74, 6) is -3.46. The van der Waals surface area contributed by atoms with Gasteiger partial charge < -0.3 is 31.5 Å². The number of thioether (sulfide) groups is 1. The number of allylic oxidation sites excluding steroid dienone is 5. The Bertz CT molecular complexity index is 1100. The standard InChI is InChI=1S/C34H58N4O7S/c1-10-25(8)30(33(43)36-27(19-39)34(44)45)38-32(42)29(22(4)5)37-31(41)28(35-26(9)40)20-46-18-17-24(7)16-12-15-23(6)14-11-13-21(2)3/h13,15,17,22,25,27-30,39H,10-12,14,16,18-20H2,1-9H3,(H,35,40)(H,36,43)(H,37,41)(H,38,42)(H,44,45)/b23-15+,24-17+/t25?,27-,28+,29-,30-/m0/s1. The number of aliphatic hydroxyl groups excluding tert-OH is 1. The minimum absolute atomic E-state index is 0.292. The van der Waals surface area contributed by atoms with Gasteiger partial charge in [0.1, 0.15) is 24.2 Å². The van der Waals surface area contributed by atoms with Crippen molar-refractivity contribution in [2.45, 2.75) is 119 Å². The molecule has 0 aliphatic rings. The van der Waals surface area contributed by atoms with E-state index in [0.717, 1.165) is 25.7 Å². The number of carboxylic acid groups (broad SMARTS) is 1. The average Bonchev–Trinajstić information content (AvgIpc) is 2.97. The molecule has 5 atom stereocenters. The second-order valence-electron chi connectivity index (χ2n) is 12.4. The van der Waals surface area contributed by atoms with Crippen LogP contribution < -0.4 is 21.3 Å². The fourth-order valence-corrected chi connectivity index (χ4v) is 5.34. The highest BCUT2D eigenvalue weighted by Gasteiger charge is 2.34. The molecule has 46 heavy (non-hydrogen) atoms. The number of hydrogen-bond acceptors (Lipinski definition) is 7. The van der Waals surface area contributed by atoms with Crippen molar-refractivity contribution >= 4 is 41.4 Å². The second kappa shape index (κ2) is 23.2. The van der Waals surface area contributed by atoms with Gasteiger partial charge >= 0.3 is 5.97 Å². The molecular weight excluding hydrogens is 608 g/mol. The van der Waals surface area contributed by atoms with Gasteiger partial charge in [0, 0.05) is 18.4 Å². The molecule has 0 aromatic carbocycles. The van der Waals surface area contributed by atoms with E-state index in [1.807, 2.05) is 6.92 Å². The number of rotatable bonds is 22. The lowest BCUT2D eigenvalue weighted by Crippen LogP contribution is -2.60. The molecule has 0 heterocycles. The van der Waals surface area contributed by atoms with Gasteiger partial charge in [0.2, 0.25) is 23.6 Å². The molecule has 0 aromatic rings. The van der Waals surface area contributed by atoms with Crippen molar-refractivity contribution in [2.24, 2.45) is 11.8 Å². The predicted octanol–water partition coefficient (Wildman–Crippen LogP) is 3.88. The fourth-order valence-electron chi connectivity index (χ4n) is 4.33. The van der Waals surface area contributed by atoms with Gasteiger partial charge in [0.25, 0.3) is 0 Å². The zero-order valence-electron chi connectivity index (χ0n) is 29.2. The number of amides is 4. The molecule has 262 valence electrons. The van der Waals surface area contributed by atoms with E-state index in [-0.39, 0.29) is 17.7 Å². The number of carbonyl (C=O) groups excluding carboxylic acids is 4. The first kappa shape index (κ1) is 42.9. The maximum absolute atomic E-state index is 13.4. The van der Waals surface area contributed by atoms with E-state index < -0.39 is 54.5 Å². The highest BCUT2D eigenvalue weighted by atomic mass is 32.2. The summed E-state index contributed by atoms with van der Waals surface area (Å²) in [6, 6.07) is -4.52. The largest absolute Gasteiger partial charge is 0.480 e. The van der Waals surface area contributed by atoms with Crippen molar-refractivity contribution < 1.29 is 34.2 Å². The molecule has 11 nitrogen and oxygen atoms in total. The lowest BCUT2D eigenvalue weighted by Gasteiger charge is -2.29. The van der Waals surface area contributed by atoms with Crippen molar-refractivity contribution in [1.29, 1.82) is 0 Å². The molecule has 12 heteroatoms. The highest BCUT2D eigenvalue weighted by Crippen LogP contribution is 2.14. The number of nitrogens with one attached hydrogen (secondary N) is 4. The summed E-state index contributed by atoms with van der Waals surface area (Å²) < 4.78 is 0. The van der Waals surface area contributed by atoms with Gasteiger partial charge in [-0.1, -0.05) is 69.1 Å². The maximum Gasteiger partial charge on any atom is 0.328 e. The Kier molecular flexibility index (Phi) is 21.7. The molecule has 0 spiro atoms. The van der Waals surface area contributed by atoms with Crippen LogP contribution >= 0.6 is 11.8 Å². The van der Waals surface area contributed by atoms with Crippen LogP contribution in [0.2, 0.25) is 0 Å². The van der Waals surface area contributed by atoms with Gasteiger partial charge in [-0.2, -0.15) is 11.8 Å². The quantitative estimate of drug-likeness (QED) is 0.0746. The van der Waals surface area contributed by atoms with Crippen LogP contribution in [0.4, 0.5) is 0 Å². The average molecular weight is 667 g/mol. The van der Waals surface area contributed by atoms with E-state index >= 15 is 0 Å². The number of carboxylic acids is 1. The van der Waals surface area contributed by atoms with Gasteiger partial charge in [-0.25, -0.2) is 4.79 Å². The van der Waals surface area contributed by atoms with Gasteiger partial charge in [-0.05, 0) is 65.2 Å². The van der Waals surface area contributed by atoms with E-state index in [4.69, 9.17) is 0 Å². The van der Waals surface area contributed by atoms with Crippen LogP contribution in [0.25, 0.3) is 0 Å². The minimum Gasteiger partial charge on any atom is -0.480 e. The third-order valence-corrected chi connectivity index (χ3v) is 8.46. The topological polar surface area (TPSA) is 174 Å². The molecule has 0 radical (unpaired) electrons. The van der Waals surface area contributed by atoms with Crippen LogP contribution in [0.3, 0.4) is 0 Å². The Morgan fingerprint density at radius 1 is 0.717 bits per heavy atom. The zero-order chi connectivity index (χ0) is 35.4. The number of aliphatic hydroxyl groups is 1. The van der Waals surface area contributed by atoms with E-state index in [0.29, 0.717) is 17.9 Å². The molecule has 0 rings (SSSR count). The number of aliphatic carboxylic acids is 1. The van der Waals surface area contributed by atoms with E-state index in [1.165, 1.54) is 35.4 Å². The molecule has 0 saturated carbocycles. The van der Waals surface area contributed by atoms with Crippen LogP contribution in [0, 0.1) is 11.8 Å². The molecule has 0 fully saturated rings. The van der Waals surface area contributed by atoms with Crippen molar-refractivity contribution in [3.63, 3.8) is 0 Å². The summed E-state index contributed by atoms with van der Waals surface area (Å²) in [5.41, 5.74) is 3.95. The van der Waals surface area contributed by atoms with E-state index in [9.17, 15) is 34.2 Å². The van der Waals surface area contributed by atoms with Gasteiger partial charge in [-0.15, -0.1) is 0 Å². The molecule has 0 aliphatic heterocycles. The Balaban J connectivity index is 5.36. The first-order chi connectivity index (χ1) is 21.5. The summed E-state index contributed by atoms with van der Waals surface area (Å²) in [4.78, 5) is 62.7. The van der Waals surface area contributed by atoms with Crippen molar-refractivity contribution in [3.8, 4) is 0 Å². The smallest absolute Gasteiger partial charge is 0.328 e. The minimum atomic E-state index is -1.52. The molecule has 4 amide bonds. The lowest BCUT2D eigenvalue weighted by atomic mass is 9.96. The Labute approximate surface area is 279 Å². The maximum atomic E-state index is 13.4. The number of hydrogen-bond donors (Lipinski definition) is 6. The molecule has 0 aromatic heterocycles. The van der Waals surface area contributed by atoms with Crippen LogP contribution in [0.5, 0.6) is 0 Å². The molecule has 0 saturated heterocycles. The lowest BCUT2D eigenvalue weighted by molar-refractivity contribution is -0.143. The van der Waals surface area contributed by atoms with Crippen molar-refractivity contribution in [3.05, 3.63) is 34.9 Å². The Hall–Kier alpha value is -3.12. The monoisotopic (exact) mass is 666 g/mol. The summed E-state index contributed by atoms with van der Waals surface area (Å²) in [5, 5.41) is 28.8. The normalized spacial score (nSPS) is 15.2. The summed E-state index contributed by atoms with van der Waals surface area (Å²) in [7, 11) is 0. The molecule has 0 bridgehead atoms.